The largest absolute Gasteiger partial charge is 0.466 e. The number of carbonyl (C=O) groups excluding carboxylic acids is 2. The summed E-state index contributed by atoms with van der Waals surface area (Å²) in [6.07, 6.45) is 2.94. The van der Waals surface area contributed by atoms with Gasteiger partial charge >= 0.3 is 5.97 Å². The molecule has 162 valence electrons. The summed E-state index contributed by atoms with van der Waals surface area (Å²) in [6, 6.07) is 7.82. The molecule has 1 aliphatic heterocycles. The van der Waals surface area contributed by atoms with Crippen LogP contribution in [0.15, 0.2) is 29.3 Å². The minimum Gasteiger partial charge on any atom is -0.466 e. The Labute approximate surface area is 190 Å². The van der Waals surface area contributed by atoms with Crippen LogP contribution in [0, 0.1) is 5.92 Å². The number of esters is 1. The molecule has 2 rings (SSSR count). The van der Waals surface area contributed by atoms with Crippen molar-refractivity contribution in [2.24, 2.45) is 10.9 Å². The number of rotatable bonds is 7. The zero-order valence-corrected chi connectivity index (χ0v) is 19.9. The predicted octanol–water partition coefficient (Wildman–Crippen LogP) is 3.39. The van der Waals surface area contributed by atoms with Crippen LogP contribution >= 0.6 is 24.0 Å². The maximum absolute atomic E-state index is 11.9. The summed E-state index contributed by atoms with van der Waals surface area (Å²) in [4.78, 5) is 30.1. The predicted molar refractivity (Wildman–Crippen MR) is 127 cm³/mol. The van der Waals surface area contributed by atoms with Gasteiger partial charge in [0.15, 0.2) is 5.96 Å². The van der Waals surface area contributed by atoms with Crippen molar-refractivity contribution >= 4 is 47.5 Å². The second kappa shape index (κ2) is 13.4. The minimum absolute atomic E-state index is 0. The number of nitrogens with one attached hydrogen (secondary N) is 2. The van der Waals surface area contributed by atoms with Crippen LogP contribution in [0.5, 0.6) is 0 Å². The summed E-state index contributed by atoms with van der Waals surface area (Å²) >= 11 is 0. The molecule has 0 unspecified atom stereocenters. The van der Waals surface area contributed by atoms with E-state index in [4.69, 9.17) is 4.74 Å². The normalized spacial score (nSPS) is 14.7. The monoisotopic (exact) mass is 516 g/mol. The van der Waals surface area contributed by atoms with E-state index in [1.165, 1.54) is 0 Å². The number of anilines is 1. The Kier molecular flexibility index (Phi) is 11.6. The highest BCUT2D eigenvalue weighted by Crippen LogP contribution is 2.19. The van der Waals surface area contributed by atoms with Crippen LogP contribution in [0.3, 0.4) is 0 Å². The third-order valence-electron chi connectivity index (χ3n) is 4.79. The number of hydrogen-bond acceptors (Lipinski definition) is 4. The van der Waals surface area contributed by atoms with Crippen molar-refractivity contribution in [3.05, 3.63) is 29.8 Å². The molecule has 0 bridgehead atoms. The summed E-state index contributed by atoms with van der Waals surface area (Å²) in [5, 5.41) is 6.27. The molecule has 8 heteroatoms. The Balaban J connectivity index is 0.00000420. The fourth-order valence-corrected chi connectivity index (χ4v) is 3.26. The molecule has 7 nitrogen and oxygen atoms in total. The lowest BCUT2D eigenvalue weighted by Crippen LogP contribution is -2.46. The molecule has 1 fully saturated rings. The van der Waals surface area contributed by atoms with E-state index < -0.39 is 0 Å². The van der Waals surface area contributed by atoms with E-state index in [9.17, 15) is 9.59 Å². The summed E-state index contributed by atoms with van der Waals surface area (Å²) in [7, 11) is 1.77. The first-order valence-electron chi connectivity index (χ1n) is 10.1. The number of hydrogen-bond donors (Lipinski definition) is 2. The summed E-state index contributed by atoms with van der Waals surface area (Å²) in [5.74, 6) is 0.781. The van der Waals surface area contributed by atoms with Crippen molar-refractivity contribution in [2.75, 3.05) is 32.1 Å². The van der Waals surface area contributed by atoms with Gasteiger partial charge in [-0.1, -0.05) is 19.1 Å². The number of likely N-dealkylation sites (tertiary alicyclic amines) is 1. The van der Waals surface area contributed by atoms with Gasteiger partial charge in [0.1, 0.15) is 0 Å². The highest BCUT2D eigenvalue weighted by Gasteiger charge is 2.27. The van der Waals surface area contributed by atoms with Gasteiger partial charge in [0.05, 0.1) is 12.5 Å². The average molecular weight is 516 g/mol. The second-order valence-corrected chi connectivity index (χ2v) is 6.91. The number of halogens is 1. The number of piperidine rings is 1. The first-order valence-corrected chi connectivity index (χ1v) is 10.1. The van der Waals surface area contributed by atoms with Crippen LogP contribution in [0.4, 0.5) is 5.69 Å². The first-order chi connectivity index (χ1) is 13.6. The molecule has 1 saturated heterocycles. The molecular formula is C21H33IN4O3. The van der Waals surface area contributed by atoms with E-state index in [0.717, 1.165) is 49.6 Å². The Morgan fingerprint density at radius 2 is 1.83 bits per heavy atom. The first kappa shape index (κ1) is 25.2. The zero-order chi connectivity index (χ0) is 20.4. The summed E-state index contributed by atoms with van der Waals surface area (Å²) in [5.41, 5.74) is 1.92. The second-order valence-electron chi connectivity index (χ2n) is 6.91. The van der Waals surface area contributed by atoms with Crippen LogP contribution in [0.2, 0.25) is 0 Å². The molecule has 0 saturated carbocycles. The smallest absolute Gasteiger partial charge is 0.309 e. The van der Waals surface area contributed by atoms with E-state index in [1.54, 1.807) is 7.05 Å². The van der Waals surface area contributed by atoms with Gasteiger partial charge in [-0.3, -0.25) is 14.6 Å². The topological polar surface area (TPSA) is 83.0 Å². The highest BCUT2D eigenvalue weighted by atomic mass is 127. The Morgan fingerprint density at radius 3 is 2.38 bits per heavy atom. The third kappa shape index (κ3) is 8.20. The Hall–Kier alpha value is -1.84. The van der Waals surface area contributed by atoms with Crippen molar-refractivity contribution < 1.29 is 14.3 Å². The van der Waals surface area contributed by atoms with E-state index in [1.807, 2.05) is 38.1 Å². The van der Waals surface area contributed by atoms with Crippen molar-refractivity contribution in [3.63, 3.8) is 0 Å². The maximum Gasteiger partial charge on any atom is 0.309 e. The van der Waals surface area contributed by atoms with Gasteiger partial charge < -0.3 is 20.3 Å². The van der Waals surface area contributed by atoms with Crippen LogP contribution < -0.4 is 10.6 Å². The SMILES string of the molecule is CCCC(=O)Nc1ccc(CNC(=NC)N2CCC(C(=O)OCC)CC2)cc1.I. The molecule has 0 spiro atoms. The number of amides is 1. The molecule has 1 heterocycles. The number of benzene rings is 1. The molecule has 1 amide bonds. The Morgan fingerprint density at radius 1 is 1.17 bits per heavy atom. The van der Waals surface area contributed by atoms with Gasteiger partial charge in [0.25, 0.3) is 0 Å². The molecule has 0 aliphatic carbocycles. The standard InChI is InChI=1S/C21H32N4O3.HI/c1-4-6-19(26)24-18-9-7-16(8-10-18)15-23-21(22-3)25-13-11-17(12-14-25)20(27)28-5-2;/h7-10,17H,4-6,11-15H2,1-3H3,(H,22,23)(H,24,26);1H. The van der Waals surface area contributed by atoms with Crippen LogP contribution in [-0.2, 0) is 20.9 Å². The van der Waals surface area contributed by atoms with Crippen molar-refractivity contribution in [3.8, 4) is 0 Å². The van der Waals surface area contributed by atoms with Crippen LogP contribution in [0.1, 0.15) is 45.1 Å². The van der Waals surface area contributed by atoms with Gasteiger partial charge in [0, 0.05) is 38.8 Å². The molecule has 2 N–H and O–H groups in total. The fourth-order valence-electron chi connectivity index (χ4n) is 3.26. The quantitative estimate of drug-likeness (QED) is 0.251. The Bertz CT molecular complexity index is 671. The average Bonchev–Trinajstić information content (AvgIpc) is 2.70. The van der Waals surface area contributed by atoms with E-state index in [2.05, 4.69) is 20.5 Å². The lowest BCUT2D eigenvalue weighted by molar-refractivity contribution is -0.149. The molecule has 29 heavy (non-hydrogen) atoms. The van der Waals surface area contributed by atoms with Crippen LogP contribution in [-0.4, -0.2) is 49.5 Å². The molecule has 0 aromatic heterocycles. The van der Waals surface area contributed by atoms with Gasteiger partial charge in [-0.15, -0.1) is 24.0 Å². The van der Waals surface area contributed by atoms with Crippen molar-refractivity contribution in [2.45, 2.75) is 46.1 Å². The number of nitrogens with zero attached hydrogens (tertiary/aromatic N) is 2. The molecular weight excluding hydrogens is 483 g/mol. The summed E-state index contributed by atoms with van der Waals surface area (Å²) in [6.45, 7) is 6.47. The summed E-state index contributed by atoms with van der Waals surface area (Å²) < 4.78 is 5.13. The van der Waals surface area contributed by atoms with Crippen molar-refractivity contribution in [1.29, 1.82) is 0 Å². The lowest BCUT2D eigenvalue weighted by Gasteiger charge is -2.33. The zero-order valence-electron chi connectivity index (χ0n) is 17.6. The van der Waals surface area contributed by atoms with Gasteiger partial charge in [-0.05, 0) is 43.9 Å². The van der Waals surface area contributed by atoms with Crippen molar-refractivity contribution in [1.82, 2.24) is 10.2 Å². The lowest BCUT2D eigenvalue weighted by atomic mass is 9.97. The number of guanidine groups is 1. The van der Waals surface area contributed by atoms with E-state index in [0.29, 0.717) is 19.6 Å². The molecule has 0 radical (unpaired) electrons. The number of aliphatic imine (C=N–C) groups is 1. The molecule has 1 aromatic rings. The molecule has 0 atom stereocenters. The van der Waals surface area contributed by atoms with E-state index >= 15 is 0 Å². The maximum atomic E-state index is 11.9. The minimum atomic E-state index is -0.0868. The van der Waals surface area contributed by atoms with Crippen LogP contribution in [0.25, 0.3) is 0 Å². The number of carbonyl (C=O) groups is 2. The van der Waals surface area contributed by atoms with Gasteiger partial charge in [0.2, 0.25) is 5.91 Å². The third-order valence-corrected chi connectivity index (χ3v) is 4.79. The molecule has 1 aromatic carbocycles. The van der Waals surface area contributed by atoms with Gasteiger partial charge in [-0.25, -0.2) is 0 Å². The molecule has 1 aliphatic rings. The van der Waals surface area contributed by atoms with E-state index in [-0.39, 0.29) is 41.8 Å². The highest BCUT2D eigenvalue weighted by molar-refractivity contribution is 14.0. The fraction of sp³-hybridized carbons (Fsp3) is 0.571. The van der Waals surface area contributed by atoms with Gasteiger partial charge in [-0.2, -0.15) is 0 Å². The number of ether oxygens (including phenoxy) is 1.